The number of nitrogens with two attached hydrogens (primary N) is 1. The van der Waals surface area contributed by atoms with E-state index in [0.717, 1.165) is 5.69 Å². The fourth-order valence-electron chi connectivity index (χ4n) is 2.39. The van der Waals surface area contributed by atoms with E-state index in [0.29, 0.717) is 18.5 Å². The highest BCUT2D eigenvalue weighted by molar-refractivity contribution is 7.99. The summed E-state index contributed by atoms with van der Waals surface area (Å²) >= 11 is 2.00. The van der Waals surface area contributed by atoms with E-state index in [-0.39, 0.29) is 5.82 Å². The number of anilines is 1. The van der Waals surface area contributed by atoms with Crippen molar-refractivity contribution in [2.75, 3.05) is 30.0 Å². The standard InChI is InChI=1S/C13H19FN2S/c1-16(12-4-2-11(14)3-5-12)13(8-15)10-6-7-17-9-10/h2-5,10,13H,6-9,15H2,1H3. The molecule has 0 radical (unpaired) electrons. The fourth-order valence-corrected chi connectivity index (χ4v) is 3.72. The predicted molar refractivity (Wildman–Crippen MR) is 73.1 cm³/mol. The quantitative estimate of drug-likeness (QED) is 0.894. The van der Waals surface area contributed by atoms with Gasteiger partial charge >= 0.3 is 0 Å². The molecular formula is C13H19FN2S. The Kier molecular flexibility index (Phi) is 4.29. The first-order valence-electron chi connectivity index (χ1n) is 5.98. The fraction of sp³-hybridized carbons (Fsp3) is 0.538. The van der Waals surface area contributed by atoms with Crippen LogP contribution >= 0.6 is 11.8 Å². The second-order valence-electron chi connectivity index (χ2n) is 4.51. The molecule has 1 aromatic rings. The maximum Gasteiger partial charge on any atom is 0.123 e. The van der Waals surface area contributed by atoms with Gasteiger partial charge in [-0.15, -0.1) is 0 Å². The third-order valence-corrected chi connectivity index (χ3v) is 4.67. The number of thioether (sulfide) groups is 1. The molecule has 0 amide bonds. The van der Waals surface area contributed by atoms with Gasteiger partial charge in [-0.1, -0.05) is 0 Å². The molecule has 1 aromatic carbocycles. The largest absolute Gasteiger partial charge is 0.370 e. The van der Waals surface area contributed by atoms with E-state index >= 15 is 0 Å². The van der Waals surface area contributed by atoms with Crippen LogP contribution in [0.25, 0.3) is 0 Å². The lowest BCUT2D eigenvalue weighted by molar-refractivity contribution is 0.454. The van der Waals surface area contributed by atoms with Gasteiger partial charge in [-0.25, -0.2) is 4.39 Å². The summed E-state index contributed by atoms with van der Waals surface area (Å²) in [7, 11) is 2.05. The highest BCUT2D eigenvalue weighted by Crippen LogP contribution is 2.30. The molecule has 1 saturated heterocycles. The second-order valence-corrected chi connectivity index (χ2v) is 5.66. The van der Waals surface area contributed by atoms with Crippen LogP contribution in [-0.2, 0) is 0 Å². The number of likely N-dealkylation sites (N-methyl/N-ethyl adjacent to an activating group) is 1. The summed E-state index contributed by atoms with van der Waals surface area (Å²) in [6.07, 6.45) is 1.23. The molecule has 17 heavy (non-hydrogen) atoms. The zero-order valence-corrected chi connectivity index (χ0v) is 10.9. The molecule has 0 aromatic heterocycles. The lowest BCUT2D eigenvalue weighted by Gasteiger charge is -2.33. The minimum atomic E-state index is -0.192. The van der Waals surface area contributed by atoms with Gasteiger partial charge in [-0.3, -0.25) is 0 Å². The Hall–Kier alpha value is -0.740. The van der Waals surface area contributed by atoms with Crippen molar-refractivity contribution in [2.24, 2.45) is 11.7 Å². The van der Waals surface area contributed by atoms with Gasteiger partial charge in [0, 0.05) is 25.3 Å². The number of hydrogen-bond donors (Lipinski definition) is 1. The van der Waals surface area contributed by atoms with Crippen molar-refractivity contribution in [3.8, 4) is 0 Å². The summed E-state index contributed by atoms with van der Waals surface area (Å²) < 4.78 is 12.9. The van der Waals surface area contributed by atoms with Crippen LogP contribution < -0.4 is 10.6 Å². The average molecular weight is 254 g/mol. The van der Waals surface area contributed by atoms with E-state index in [1.54, 1.807) is 0 Å². The van der Waals surface area contributed by atoms with Crippen molar-refractivity contribution in [2.45, 2.75) is 12.5 Å². The molecule has 1 aliphatic heterocycles. The van der Waals surface area contributed by atoms with Crippen LogP contribution in [0.5, 0.6) is 0 Å². The molecule has 0 spiro atoms. The van der Waals surface area contributed by atoms with Crippen LogP contribution in [0.15, 0.2) is 24.3 Å². The molecule has 2 rings (SSSR count). The number of nitrogens with zero attached hydrogens (tertiary/aromatic N) is 1. The molecule has 0 saturated carbocycles. The molecule has 2 atom stereocenters. The molecule has 0 aliphatic carbocycles. The van der Waals surface area contributed by atoms with Crippen molar-refractivity contribution in [1.29, 1.82) is 0 Å². The Morgan fingerprint density at radius 2 is 2.18 bits per heavy atom. The van der Waals surface area contributed by atoms with E-state index < -0.39 is 0 Å². The molecule has 4 heteroatoms. The minimum Gasteiger partial charge on any atom is -0.370 e. The maximum absolute atomic E-state index is 12.9. The molecule has 94 valence electrons. The Morgan fingerprint density at radius 1 is 1.47 bits per heavy atom. The highest BCUT2D eigenvalue weighted by Gasteiger charge is 2.27. The van der Waals surface area contributed by atoms with Crippen LogP contribution in [-0.4, -0.2) is 31.1 Å². The van der Waals surface area contributed by atoms with E-state index in [2.05, 4.69) is 4.90 Å². The third kappa shape index (κ3) is 2.93. The molecule has 1 fully saturated rings. The lowest BCUT2D eigenvalue weighted by Crippen LogP contribution is -2.43. The summed E-state index contributed by atoms with van der Waals surface area (Å²) in [6, 6.07) is 7.00. The molecule has 0 bridgehead atoms. The number of rotatable bonds is 4. The van der Waals surface area contributed by atoms with Crippen molar-refractivity contribution in [3.05, 3.63) is 30.1 Å². The Bertz CT molecular complexity index is 349. The number of benzene rings is 1. The molecule has 1 heterocycles. The van der Waals surface area contributed by atoms with Crippen molar-refractivity contribution >= 4 is 17.4 Å². The van der Waals surface area contributed by atoms with Gasteiger partial charge in [0.05, 0.1) is 0 Å². The predicted octanol–water partition coefficient (Wildman–Crippen LogP) is 2.34. The van der Waals surface area contributed by atoms with Gasteiger partial charge in [0.25, 0.3) is 0 Å². The maximum atomic E-state index is 12.9. The zero-order valence-electron chi connectivity index (χ0n) is 10.1. The summed E-state index contributed by atoms with van der Waals surface area (Å²) in [6.45, 7) is 0.652. The van der Waals surface area contributed by atoms with Crippen LogP contribution in [0, 0.1) is 11.7 Å². The van der Waals surface area contributed by atoms with Crippen LogP contribution in [0.2, 0.25) is 0 Å². The van der Waals surface area contributed by atoms with Gasteiger partial charge in [0.15, 0.2) is 0 Å². The summed E-state index contributed by atoms with van der Waals surface area (Å²) in [5, 5.41) is 0. The zero-order chi connectivity index (χ0) is 12.3. The molecule has 2 unspecified atom stereocenters. The Labute approximate surface area is 106 Å². The van der Waals surface area contributed by atoms with E-state index in [1.807, 2.05) is 30.9 Å². The Balaban J connectivity index is 2.10. The molecule has 2 N–H and O–H groups in total. The van der Waals surface area contributed by atoms with Crippen molar-refractivity contribution in [1.82, 2.24) is 0 Å². The monoisotopic (exact) mass is 254 g/mol. The molecule has 2 nitrogen and oxygen atoms in total. The SMILES string of the molecule is CN(c1ccc(F)cc1)C(CN)C1CCSC1. The topological polar surface area (TPSA) is 29.3 Å². The van der Waals surface area contributed by atoms with Crippen molar-refractivity contribution in [3.63, 3.8) is 0 Å². The van der Waals surface area contributed by atoms with E-state index in [1.165, 1.54) is 30.1 Å². The third-order valence-electron chi connectivity index (χ3n) is 3.48. The first-order valence-corrected chi connectivity index (χ1v) is 7.14. The van der Waals surface area contributed by atoms with Gasteiger partial charge in [-0.05, 0) is 48.1 Å². The molecular weight excluding hydrogens is 235 g/mol. The lowest BCUT2D eigenvalue weighted by atomic mass is 9.97. The van der Waals surface area contributed by atoms with Gasteiger partial charge in [-0.2, -0.15) is 11.8 Å². The smallest absolute Gasteiger partial charge is 0.123 e. The average Bonchev–Trinajstić information content (AvgIpc) is 2.84. The summed E-state index contributed by atoms with van der Waals surface area (Å²) in [5.74, 6) is 2.88. The van der Waals surface area contributed by atoms with E-state index in [4.69, 9.17) is 5.73 Å². The van der Waals surface area contributed by atoms with Gasteiger partial charge in [0.2, 0.25) is 0 Å². The van der Waals surface area contributed by atoms with Crippen LogP contribution in [0.3, 0.4) is 0 Å². The van der Waals surface area contributed by atoms with Crippen LogP contribution in [0.1, 0.15) is 6.42 Å². The normalized spacial score (nSPS) is 21.5. The minimum absolute atomic E-state index is 0.192. The molecule has 1 aliphatic rings. The van der Waals surface area contributed by atoms with Crippen LogP contribution in [0.4, 0.5) is 10.1 Å². The summed E-state index contributed by atoms with van der Waals surface area (Å²) in [4.78, 5) is 2.19. The van der Waals surface area contributed by atoms with E-state index in [9.17, 15) is 4.39 Å². The van der Waals surface area contributed by atoms with Crippen molar-refractivity contribution < 1.29 is 4.39 Å². The Morgan fingerprint density at radius 3 is 2.71 bits per heavy atom. The first-order chi connectivity index (χ1) is 8.22. The van der Waals surface area contributed by atoms with Gasteiger partial charge < -0.3 is 10.6 Å². The highest BCUT2D eigenvalue weighted by atomic mass is 32.2. The number of hydrogen-bond acceptors (Lipinski definition) is 3. The first kappa shape index (κ1) is 12.7. The van der Waals surface area contributed by atoms with Gasteiger partial charge in [0.1, 0.15) is 5.82 Å². The second kappa shape index (κ2) is 5.74. The number of halogens is 1. The summed E-state index contributed by atoms with van der Waals surface area (Å²) in [5.41, 5.74) is 6.94.